The maximum atomic E-state index is 5.39. The second-order valence-electron chi connectivity index (χ2n) is 4.97. The Morgan fingerprint density at radius 1 is 1.38 bits per heavy atom. The molecule has 1 aliphatic heterocycles. The van der Waals surface area contributed by atoms with Gasteiger partial charge in [-0.1, -0.05) is 12.1 Å². The molecule has 21 heavy (non-hydrogen) atoms. The van der Waals surface area contributed by atoms with Gasteiger partial charge in [0.2, 0.25) is 11.7 Å². The lowest BCUT2D eigenvalue weighted by atomic mass is 10.2. The van der Waals surface area contributed by atoms with Crippen LogP contribution < -0.4 is 5.32 Å². The van der Waals surface area contributed by atoms with Crippen molar-refractivity contribution in [1.29, 1.82) is 0 Å². The Hall–Kier alpha value is -1.37. The molecule has 1 saturated heterocycles. The SMILES string of the molecule is CCSc1ccc(-c2noc(C3CC(OC)CN3)n2)cc1. The molecule has 0 radical (unpaired) electrons. The third-order valence-corrected chi connectivity index (χ3v) is 4.48. The topological polar surface area (TPSA) is 60.2 Å². The zero-order valence-electron chi connectivity index (χ0n) is 12.2. The van der Waals surface area contributed by atoms with Gasteiger partial charge in [0, 0.05) is 24.1 Å². The van der Waals surface area contributed by atoms with Crippen LogP contribution in [0.15, 0.2) is 33.7 Å². The molecule has 112 valence electrons. The Labute approximate surface area is 128 Å². The molecule has 1 fully saturated rings. The number of thioether (sulfide) groups is 1. The van der Waals surface area contributed by atoms with Crippen LogP contribution >= 0.6 is 11.8 Å². The van der Waals surface area contributed by atoms with Crippen LogP contribution in [0.5, 0.6) is 0 Å². The van der Waals surface area contributed by atoms with Gasteiger partial charge in [-0.25, -0.2) is 0 Å². The number of aromatic nitrogens is 2. The average molecular weight is 305 g/mol. The van der Waals surface area contributed by atoms with Crippen molar-refractivity contribution >= 4 is 11.8 Å². The van der Waals surface area contributed by atoms with Gasteiger partial charge in [-0.2, -0.15) is 4.98 Å². The maximum absolute atomic E-state index is 5.39. The van der Waals surface area contributed by atoms with Crippen molar-refractivity contribution in [3.8, 4) is 11.4 Å². The summed E-state index contributed by atoms with van der Waals surface area (Å²) in [6.07, 6.45) is 1.08. The third-order valence-electron chi connectivity index (χ3n) is 3.59. The molecule has 2 atom stereocenters. The molecule has 6 heteroatoms. The Morgan fingerprint density at radius 3 is 2.86 bits per heavy atom. The summed E-state index contributed by atoms with van der Waals surface area (Å²) in [5.74, 6) is 2.34. The van der Waals surface area contributed by atoms with Crippen LogP contribution in [0.25, 0.3) is 11.4 Å². The average Bonchev–Trinajstić information content (AvgIpc) is 3.17. The van der Waals surface area contributed by atoms with Gasteiger partial charge in [0.1, 0.15) is 0 Å². The summed E-state index contributed by atoms with van der Waals surface area (Å²) < 4.78 is 10.7. The normalized spacial score (nSPS) is 21.8. The first-order valence-corrected chi connectivity index (χ1v) is 8.11. The van der Waals surface area contributed by atoms with Crippen LogP contribution in [0.3, 0.4) is 0 Å². The molecule has 5 nitrogen and oxygen atoms in total. The fourth-order valence-electron chi connectivity index (χ4n) is 2.43. The van der Waals surface area contributed by atoms with E-state index in [0.717, 1.165) is 24.3 Å². The summed E-state index contributed by atoms with van der Waals surface area (Å²) in [4.78, 5) is 5.76. The molecule has 0 spiro atoms. The Bertz CT molecular complexity index is 585. The molecule has 2 heterocycles. The minimum Gasteiger partial charge on any atom is -0.380 e. The van der Waals surface area contributed by atoms with Crippen molar-refractivity contribution in [2.75, 3.05) is 19.4 Å². The highest BCUT2D eigenvalue weighted by atomic mass is 32.2. The van der Waals surface area contributed by atoms with E-state index < -0.39 is 0 Å². The van der Waals surface area contributed by atoms with E-state index in [9.17, 15) is 0 Å². The molecular formula is C15H19N3O2S. The molecule has 1 N–H and O–H groups in total. The van der Waals surface area contributed by atoms with E-state index in [1.807, 2.05) is 23.9 Å². The smallest absolute Gasteiger partial charge is 0.244 e. The predicted octanol–water partition coefficient (Wildman–Crippen LogP) is 2.90. The van der Waals surface area contributed by atoms with Gasteiger partial charge in [-0.05, 0) is 36.4 Å². The van der Waals surface area contributed by atoms with Gasteiger partial charge in [-0.15, -0.1) is 11.8 Å². The number of nitrogens with zero attached hydrogens (tertiary/aromatic N) is 2. The van der Waals surface area contributed by atoms with E-state index in [2.05, 4.69) is 34.5 Å². The molecule has 0 bridgehead atoms. The number of hydrogen-bond acceptors (Lipinski definition) is 6. The molecule has 0 amide bonds. The number of ether oxygens (including phenoxy) is 1. The second-order valence-corrected chi connectivity index (χ2v) is 6.31. The van der Waals surface area contributed by atoms with Gasteiger partial charge < -0.3 is 14.6 Å². The first-order chi connectivity index (χ1) is 10.3. The van der Waals surface area contributed by atoms with Gasteiger partial charge in [-0.3, -0.25) is 0 Å². The van der Waals surface area contributed by atoms with E-state index in [-0.39, 0.29) is 12.1 Å². The zero-order valence-corrected chi connectivity index (χ0v) is 13.0. The Morgan fingerprint density at radius 2 is 2.19 bits per heavy atom. The van der Waals surface area contributed by atoms with E-state index >= 15 is 0 Å². The predicted molar refractivity (Wildman–Crippen MR) is 82.3 cm³/mol. The van der Waals surface area contributed by atoms with Crippen LogP contribution in [0.1, 0.15) is 25.3 Å². The minimum absolute atomic E-state index is 0.0890. The summed E-state index contributed by atoms with van der Waals surface area (Å²) in [6.45, 7) is 2.97. The van der Waals surface area contributed by atoms with Crippen molar-refractivity contribution in [3.05, 3.63) is 30.2 Å². The lowest BCUT2D eigenvalue weighted by Crippen LogP contribution is -2.16. The Kier molecular flexibility index (Phi) is 4.57. The zero-order chi connectivity index (χ0) is 14.7. The quantitative estimate of drug-likeness (QED) is 0.857. The lowest BCUT2D eigenvalue weighted by molar-refractivity contribution is 0.116. The van der Waals surface area contributed by atoms with Crippen molar-refractivity contribution in [2.24, 2.45) is 0 Å². The van der Waals surface area contributed by atoms with Crippen molar-refractivity contribution < 1.29 is 9.26 Å². The summed E-state index contributed by atoms with van der Waals surface area (Å²) in [5.41, 5.74) is 0.978. The second kappa shape index (κ2) is 6.60. The summed E-state index contributed by atoms with van der Waals surface area (Å²) in [7, 11) is 1.73. The fourth-order valence-corrected chi connectivity index (χ4v) is 3.09. The number of hydrogen-bond donors (Lipinski definition) is 1. The van der Waals surface area contributed by atoms with Crippen LogP contribution in [-0.2, 0) is 4.74 Å². The summed E-state index contributed by atoms with van der Waals surface area (Å²) in [6, 6.07) is 8.34. The first kappa shape index (κ1) is 14.6. The van der Waals surface area contributed by atoms with Crippen molar-refractivity contribution in [1.82, 2.24) is 15.5 Å². The van der Waals surface area contributed by atoms with Crippen LogP contribution in [0.4, 0.5) is 0 Å². The van der Waals surface area contributed by atoms with Gasteiger partial charge >= 0.3 is 0 Å². The van der Waals surface area contributed by atoms with Crippen LogP contribution in [-0.4, -0.2) is 35.7 Å². The van der Waals surface area contributed by atoms with E-state index in [0.29, 0.717) is 11.7 Å². The molecular weight excluding hydrogens is 286 g/mol. The highest BCUT2D eigenvalue weighted by Gasteiger charge is 2.29. The van der Waals surface area contributed by atoms with E-state index in [1.54, 1.807) is 7.11 Å². The van der Waals surface area contributed by atoms with Gasteiger partial charge in [0.15, 0.2) is 0 Å². The Balaban J connectivity index is 1.72. The highest BCUT2D eigenvalue weighted by Crippen LogP contribution is 2.26. The van der Waals surface area contributed by atoms with Gasteiger partial charge in [0.05, 0.1) is 12.1 Å². The van der Waals surface area contributed by atoms with Crippen molar-refractivity contribution in [3.63, 3.8) is 0 Å². The highest BCUT2D eigenvalue weighted by molar-refractivity contribution is 7.99. The number of rotatable bonds is 5. The molecule has 1 aromatic heterocycles. The number of methoxy groups -OCH3 is 1. The number of nitrogens with one attached hydrogen (secondary N) is 1. The number of benzene rings is 1. The largest absolute Gasteiger partial charge is 0.380 e. The third kappa shape index (κ3) is 3.28. The van der Waals surface area contributed by atoms with Gasteiger partial charge in [0.25, 0.3) is 0 Å². The monoisotopic (exact) mass is 305 g/mol. The standard InChI is InChI=1S/C15H19N3O2S/c1-3-21-12-6-4-10(5-7-12)14-17-15(20-18-14)13-8-11(19-2)9-16-13/h4-7,11,13,16H,3,8-9H2,1-2H3. The first-order valence-electron chi connectivity index (χ1n) is 7.13. The summed E-state index contributed by atoms with van der Waals surface area (Å²) in [5, 5.41) is 7.42. The molecule has 3 rings (SSSR count). The van der Waals surface area contributed by atoms with Crippen molar-refractivity contribution in [2.45, 2.75) is 30.4 Å². The molecule has 1 aromatic carbocycles. The molecule has 2 unspecified atom stereocenters. The summed E-state index contributed by atoms with van der Waals surface area (Å²) >= 11 is 1.82. The molecule has 0 saturated carbocycles. The minimum atomic E-state index is 0.0890. The van der Waals surface area contributed by atoms with E-state index in [4.69, 9.17) is 9.26 Å². The maximum Gasteiger partial charge on any atom is 0.244 e. The van der Waals surface area contributed by atoms with Crippen LogP contribution in [0.2, 0.25) is 0 Å². The molecule has 0 aliphatic carbocycles. The fraction of sp³-hybridized carbons (Fsp3) is 0.467. The lowest BCUT2D eigenvalue weighted by Gasteiger charge is -2.04. The van der Waals surface area contributed by atoms with Crippen LogP contribution in [0, 0.1) is 0 Å². The van der Waals surface area contributed by atoms with E-state index in [1.165, 1.54) is 4.90 Å². The molecule has 1 aliphatic rings. The molecule has 2 aromatic rings.